The van der Waals surface area contributed by atoms with E-state index < -0.39 is 22.6 Å². The summed E-state index contributed by atoms with van der Waals surface area (Å²) in [5.41, 5.74) is -0.701. The fourth-order valence-electron chi connectivity index (χ4n) is 2.82. The molecule has 0 N–H and O–H groups in total. The summed E-state index contributed by atoms with van der Waals surface area (Å²) in [6.45, 7) is 2.99. The molecule has 1 aromatic rings. The van der Waals surface area contributed by atoms with Crippen molar-refractivity contribution >= 4 is 17.5 Å². The third-order valence-electron chi connectivity index (χ3n) is 4.20. The quantitative estimate of drug-likeness (QED) is 0.737. The average molecular weight is 356 g/mol. The van der Waals surface area contributed by atoms with E-state index in [9.17, 15) is 23.2 Å². The number of ketones is 1. The van der Waals surface area contributed by atoms with Gasteiger partial charge in [-0.3, -0.25) is 4.79 Å². The second kappa shape index (κ2) is 7.56. The number of carbonyl (C=O) groups excluding carboxylic acids is 1. The van der Waals surface area contributed by atoms with Gasteiger partial charge in [0.05, 0.1) is 16.4 Å². The highest BCUT2D eigenvalue weighted by atomic mass is 32.2. The molecular formula is C17H19F3N2OS. The lowest BCUT2D eigenvalue weighted by molar-refractivity contribution is -0.138. The molecule has 1 aliphatic rings. The van der Waals surface area contributed by atoms with Crippen molar-refractivity contribution in [1.82, 2.24) is 4.98 Å². The molecule has 0 saturated heterocycles. The van der Waals surface area contributed by atoms with Crippen LogP contribution < -0.4 is 0 Å². The van der Waals surface area contributed by atoms with E-state index in [1.807, 2.05) is 0 Å². The third-order valence-corrected chi connectivity index (χ3v) is 5.40. The molecule has 3 nitrogen and oxygen atoms in total. The maximum absolute atomic E-state index is 13.7. The van der Waals surface area contributed by atoms with Crippen molar-refractivity contribution in [2.45, 2.75) is 68.8 Å². The largest absolute Gasteiger partial charge is 0.418 e. The van der Waals surface area contributed by atoms with Crippen LogP contribution in [0.25, 0.3) is 0 Å². The van der Waals surface area contributed by atoms with E-state index >= 15 is 0 Å². The van der Waals surface area contributed by atoms with Gasteiger partial charge in [-0.05, 0) is 45.1 Å². The molecule has 7 heteroatoms. The molecule has 0 radical (unpaired) electrons. The number of Topliss-reactive ketones (excluding diaryl/α,β-unsaturated/α-hetero) is 1. The lowest BCUT2D eigenvalue weighted by atomic mass is 9.91. The minimum absolute atomic E-state index is 0.0202. The number of thioether (sulfide) groups is 1. The Morgan fingerprint density at radius 3 is 2.42 bits per heavy atom. The van der Waals surface area contributed by atoms with Crippen molar-refractivity contribution in [3.63, 3.8) is 0 Å². The van der Waals surface area contributed by atoms with Crippen LogP contribution >= 0.6 is 11.8 Å². The number of nitriles is 1. The Bertz CT molecular complexity index is 680. The molecule has 0 aliphatic heterocycles. The first-order valence-corrected chi connectivity index (χ1v) is 8.83. The van der Waals surface area contributed by atoms with E-state index in [2.05, 4.69) is 4.98 Å². The van der Waals surface area contributed by atoms with E-state index in [1.165, 1.54) is 6.92 Å². The number of nitrogens with zero attached hydrogens (tertiary/aromatic N) is 2. The number of pyridine rings is 1. The van der Waals surface area contributed by atoms with E-state index in [0.29, 0.717) is 25.0 Å². The van der Waals surface area contributed by atoms with Gasteiger partial charge in [0.15, 0.2) is 0 Å². The Labute approximate surface area is 143 Å². The second-order valence-corrected chi connectivity index (χ2v) is 7.32. The first kappa shape index (κ1) is 18.8. The van der Waals surface area contributed by atoms with Gasteiger partial charge in [0.25, 0.3) is 0 Å². The molecule has 0 spiro atoms. The Hall–Kier alpha value is -1.55. The summed E-state index contributed by atoms with van der Waals surface area (Å²) in [5.74, 6) is -0.161. The predicted octanol–water partition coefficient (Wildman–Crippen LogP) is 4.70. The van der Waals surface area contributed by atoms with E-state index in [-0.39, 0.29) is 16.4 Å². The normalized spacial score (nSPS) is 16.5. The highest BCUT2D eigenvalue weighted by Gasteiger charge is 2.39. The molecular weight excluding hydrogens is 337 g/mol. The van der Waals surface area contributed by atoms with Gasteiger partial charge in [-0.2, -0.15) is 18.4 Å². The number of fused-ring (bicyclic) bond motifs is 1. The molecule has 0 aromatic carbocycles. The molecule has 0 unspecified atom stereocenters. The van der Waals surface area contributed by atoms with Crippen molar-refractivity contribution in [2.75, 3.05) is 0 Å². The van der Waals surface area contributed by atoms with Crippen LogP contribution in [-0.2, 0) is 23.8 Å². The SMILES string of the molecule is CC(=O)[C@H](C)Sc1nc2c(c(C(F)(F)F)c1C#N)CCCCCC2. The second-order valence-electron chi connectivity index (χ2n) is 5.99. The van der Waals surface area contributed by atoms with Crippen molar-refractivity contribution in [3.05, 3.63) is 22.4 Å². The van der Waals surface area contributed by atoms with Crippen LogP contribution in [-0.4, -0.2) is 16.0 Å². The number of rotatable bonds is 3. The minimum atomic E-state index is -4.61. The zero-order valence-corrected chi connectivity index (χ0v) is 14.5. The van der Waals surface area contributed by atoms with Crippen molar-refractivity contribution in [1.29, 1.82) is 5.26 Å². The number of halogens is 3. The molecule has 1 heterocycles. The third kappa shape index (κ3) is 4.10. The molecule has 1 atom stereocenters. The van der Waals surface area contributed by atoms with Crippen LogP contribution in [0, 0.1) is 11.3 Å². The smallest absolute Gasteiger partial charge is 0.299 e. The summed E-state index contributed by atoms with van der Waals surface area (Å²) in [5, 5.41) is 8.83. The van der Waals surface area contributed by atoms with Crippen molar-refractivity contribution < 1.29 is 18.0 Å². The van der Waals surface area contributed by atoms with Crippen LogP contribution in [0.4, 0.5) is 13.2 Å². The van der Waals surface area contributed by atoms with Crippen LogP contribution in [0.1, 0.15) is 61.9 Å². The maximum atomic E-state index is 13.7. The molecule has 1 aromatic heterocycles. The number of hydrogen-bond donors (Lipinski definition) is 0. The monoisotopic (exact) mass is 356 g/mol. The lowest BCUT2D eigenvalue weighted by Gasteiger charge is -2.22. The summed E-state index contributed by atoms with van der Waals surface area (Å²) >= 11 is 0.935. The molecule has 24 heavy (non-hydrogen) atoms. The average Bonchev–Trinajstić information content (AvgIpc) is 2.46. The van der Waals surface area contributed by atoms with Crippen LogP contribution in [0.2, 0.25) is 0 Å². The minimum Gasteiger partial charge on any atom is -0.299 e. The first-order valence-electron chi connectivity index (χ1n) is 7.95. The Balaban J connectivity index is 2.66. The molecule has 130 valence electrons. The van der Waals surface area contributed by atoms with Gasteiger partial charge in [-0.25, -0.2) is 4.98 Å². The predicted molar refractivity (Wildman–Crippen MR) is 85.8 cm³/mol. The van der Waals surface area contributed by atoms with Crippen molar-refractivity contribution in [2.24, 2.45) is 0 Å². The molecule has 0 fully saturated rings. The maximum Gasteiger partial charge on any atom is 0.418 e. The number of aryl methyl sites for hydroxylation is 1. The van der Waals surface area contributed by atoms with Gasteiger partial charge in [-0.1, -0.05) is 24.6 Å². The number of aromatic nitrogens is 1. The fraction of sp³-hybridized carbons (Fsp3) is 0.588. The summed E-state index contributed by atoms with van der Waals surface area (Å²) in [6, 6.07) is 1.69. The van der Waals surface area contributed by atoms with Gasteiger partial charge >= 0.3 is 6.18 Å². The Morgan fingerprint density at radius 2 is 1.88 bits per heavy atom. The topological polar surface area (TPSA) is 53.8 Å². The molecule has 0 bridgehead atoms. The van der Waals surface area contributed by atoms with Gasteiger partial charge in [0.2, 0.25) is 0 Å². The number of carbonyl (C=O) groups is 1. The highest BCUT2D eigenvalue weighted by molar-refractivity contribution is 8.00. The molecule has 0 saturated carbocycles. The molecule has 2 rings (SSSR count). The van der Waals surface area contributed by atoms with Gasteiger partial charge in [-0.15, -0.1) is 0 Å². The summed E-state index contributed by atoms with van der Waals surface area (Å²) < 4.78 is 41.0. The van der Waals surface area contributed by atoms with E-state index in [4.69, 9.17) is 0 Å². The van der Waals surface area contributed by atoms with Gasteiger partial charge < -0.3 is 0 Å². The van der Waals surface area contributed by atoms with Crippen LogP contribution in [0.15, 0.2) is 5.03 Å². The van der Waals surface area contributed by atoms with Crippen LogP contribution in [0.3, 0.4) is 0 Å². The fourth-order valence-corrected chi connectivity index (χ4v) is 3.75. The number of hydrogen-bond acceptors (Lipinski definition) is 4. The molecule has 0 amide bonds. The zero-order chi connectivity index (χ0) is 17.9. The summed E-state index contributed by atoms with van der Waals surface area (Å²) in [7, 11) is 0. The summed E-state index contributed by atoms with van der Waals surface area (Å²) in [4.78, 5) is 15.8. The molecule has 1 aliphatic carbocycles. The van der Waals surface area contributed by atoms with Gasteiger partial charge in [0.1, 0.15) is 16.9 Å². The number of alkyl halides is 3. The Morgan fingerprint density at radius 1 is 1.25 bits per heavy atom. The summed E-state index contributed by atoms with van der Waals surface area (Å²) in [6.07, 6.45) is -0.531. The van der Waals surface area contributed by atoms with Crippen molar-refractivity contribution in [3.8, 4) is 6.07 Å². The van der Waals surface area contributed by atoms with E-state index in [0.717, 1.165) is 31.0 Å². The van der Waals surface area contributed by atoms with Gasteiger partial charge in [0, 0.05) is 5.69 Å². The lowest BCUT2D eigenvalue weighted by Crippen LogP contribution is -2.19. The highest BCUT2D eigenvalue weighted by Crippen LogP contribution is 2.41. The first-order chi connectivity index (χ1) is 11.3. The van der Waals surface area contributed by atoms with Crippen LogP contribution in [0.5, 0.6) is 0 Å². The van der Waals surface area contributed by atoms with E-state index in [1.54, 1.807) is 13.0 Å². The zero-order valence-electron chi connectivity index (χ0n) is 13.7. The standard InChI is InChI=1S/C17H19F3N2OS/c1-10(23)11(2)24-16-13(9-21)15(17(18,19)20)12-7-5-3-4-6-8-14(12)22-16/h11H,3-8H2,1-2H3/t11-/m0/s1. The Kier molecular flexibility index (Phi) is 5.92.